The average molecular weight is 199 g/mol. The lowest BCUT2D eigenvalue weighted by molar-refractivity contribution is 0.00113. The van der Waals surface area contributed by atoms with E-state index in [1.807, 2.05) is 0 Å². The molecule has 1 aliphatic heterocycles. The number of likely N-dealkylation sites (tertiary alicyclic amines) is 1. The molecule has 0 aromatic carbocycles. The van der Waals surface area contributed by atoms with Crippen LogP contribution >= 0.6 is 0 Å². The van der Waals surface area contributed by atoms with E-state index in [0.29, 0.717) is 6.61 Å². The summed E-state index contributed by atoms with van der Waals surface area (Å²) < 4.78 is 0. The molecule has 2 heteroatoms. The van der Waals surface area contributed by atoms with E-state index in [9.17, 15) is 5.11 Å². The Labute approximate surface area is 88.3 Å². The summed E-state index contributed by atoms with van der Waals surface area (Å²) in [5.74, 6) is 0.872. The topological polar surface area (TPSA) is 23.5 Å². The van der Waals surface area contributed by atoms with E-state index in [1.54, 1.807) is 0 Å². The molecule has 1 rings (SSSR count). The highest BCUT2D eigenvalue weighted by Gasteiger charge is 2.34. The normalized spacial score (nSPS) is 21.4. The van der Waals surface area contributed by atoms with Crippen molar-refractivity contribution in [2.24, 2.45) is 5.92 Å². The molecule has 14 heavy (non-hydrogen) atoms. The Morgan fingerprint density at radius 3 is 2.07 bits per heavy atom. The molecule has 0 aliphatic carbocycles. The van der Waals surface area contributed by atoms with Gasteiger partial charge >= 0.3 is 0 Å². The molecule has 1 aliphatic rings. The second-order valence-corrected chi connectivity index (χ2v) is 4.76. The number of hydrogen-bond acceptors (Lipinski definition) is 2. The zero-order chi connectivity index (χ0) is 10.6. The third-order valence-corrected chi connectivity index (χ3v) is 4.06. The molecule has 0 amide bonds. The fraction of sp³-hybridized carbons (Fsp3) is 1.00. The molecule has 0 saturated carbocycles. The van der Waals surface area contributed by atoms with Crippen molar-refractivity contribution in [3.05, 3.63) is 0 Å². The van der Waals surface area contributed by atoms with Crippen LogP contribution in [0.1, 0.15) is 46.5 Å². The van der Waals surface area contributed by atoms with Crippen molar-refractivity contribution in [2.45, 2.75) is 52.0 Å². The van der Waals surface area contributed by atoms with Crippen molar-refractivity contribution in [1.29, 1.82) is 0 Å². The number of aliphatic hydroxyl groups excluding tert-OH is 1. The van der Waals surface area contributed by atoms with Gasteiger partial charge in [0.15, 0.2) is 0 Å². The third kappa shape index (κ3) is 2.29. The van der Waals surface area contributed by atoms with Gasteiger partial charge in [-0.2, -0.15) is 0 Å². The number of piperidine rings is 1. The van der Waals surface area contributed by atoms with Gasteiger partial charge in [-0.25, -0.2) is 0 Å². The van der Waals surface area contributed by atoms with Crippen LogP contribution in [0.15, 0.2) is 0 Å². The van der Waals surface area contributed by atoms with Gasteiger partial charge in [0.05, 0.1) is 6.61 Å². The first-order valence-electron chi connectivity index (χ1n) is 6.04. The maximum atomic E-state index is 9.55. The van der Waals surface area contributed by atoms with Crippen LogP contribution in [0.2, 0.25) is 0 Å². The molecule has 0 aromatic heterocycles. The number of hydrogen-bond donors (Lipinski definition) is 1. The average Bonchev–Trinajstić information content (AvgIpc) is 2.24. The summed E-state index contributed by atoms with van der Waals surface area (Å²) in [7, 11) is 0. The monoisotopic (exact) mass is 199 g/mol. The lowest BCUT2D eigenvalue weighted by Gasteiger charge is -2.45. The molecule has 0 unspecified atom stereocenters. The predicted octanol–water partition coefficient (Wildman–Crippen LogP) is 2.27. The Hall–Kier alpha value is -0.0800. The summed E-state index contributed by atoms with van der Waals surface area (Å²) in [6.45, 7) is 9.37. The smallest absolute Gasteiger partial charge is 0.0615 e. The molecule has 1 saturated heterocycles. The summed E-state index contributed by atoms with van der Waals surface area (Å²) in [5, 5.41) is 9.55. The molecule has 0 radical (unpaired) electrons. The summed E-state index contributed by atoms with van der Waals surface area (Å²) in [4.78, 5) is 2.51. The third-order valence-electron chi connectivity index (χ3n) is 4.06. The van der Waals surface area contributed by atoms with Crippen LogP contribution in [0, 0.1) is 5.92 Å². The molecule has 0 atom stereocenters. The van der Waals surface area contributed by atoms with Crippen molar-refractivity contribution >= 4 is 0 Å². The van der Waals surface area contributed by atoms with E-state index in [4.69, 9.17) is 0 Å². The van der Waals surface area contributed by atoms with Crippen molar-refractivity contribution in [2.75, 3.05) is 19.7 Å². The summed E-state index contributed by atoms with van der Waals surface area (Å²) in [6.07, 6.45) is 4.71. The zero-order valence-electron chi connectivity index (χ0n) is 9.92. The van der Waals surface area contributed by atoms with Gasteiger partial charge in [0.25, 0.3) is 0 Å². The maximum Gasteiger partial charge on any atom is 0.0615 e. The first-order valence-corrected chi connectivity index (χ1v) is 6.04. The fourth-order valence-electron chi connectivity index (χ4n) is 2.50. The summed E-state index contributed by atoms with van der Waals surface area (Å²) in [5.41, 5.74) is 0.0696. The Balaban J connectivity index is 2.60. The lowest BCUT2D eigenvalue weighted by Crippen LogP contribution is -2.53. The van der Waals surface area contributed by atoms with Crippen LogP contribution in [-0.4, -0.2) is 35.2 Å². The highest BCUT2D eigenvalue weighted by Crippen LogP contribution is 2.28. The minimum atomic E-state index is 0.0696. The van der Waals surface area contributed by atoms with E-state index in [0.717, 1.165) is 18.8 Å². The van der Waals surface area contributed by atoms with E-state index >= 15 is 0 Å². The lowest BCUT2D eigenvalue weighted by atomic mass is 9.87. The van der Waals surface area contributed by atoms with Crippen LogP contribution in [0.3, 0.4) is 0 Å². The molecular weight excluding hydrogens is 174 g/mol. The first kappa shape index (κ1) is 12.0. The van der Waals surface area contributed by atoms with Gasteiger partial charge in [-0.3, -0.25) is 4.90 Å². The Morgan fingerprint density at radius 1 is 1.21 bits per heavy atom. The standard InChI is InChI=1S/C12H25NO/c1-4-12(5-2,10-14)13-8-6-11(3)7-9-13/h11,14H,4-10H2,1-3H3. The van der Waals surface area contributed by atoms with Gasteiger partial charge in [0, 0.05) is 5.54 Å². The van der Waals surface area contributed by atoms with Gasteiger partial charge < -0.3 is 5.11 Å². The van der Waals surface area contributed by atoms with Crippen LogP contribution in [0.25, 0.3) is 0 Å². The van der Waals surface area contributed by atoms with Crippen LogP contribution in [0.5, 0.6) is 0 Å². The fourth-order valence-corrected chi connectivity index (χ4v) is 2.50. The van der Waals surface area contributed by atoms with E-state index in [-0.39, 0.29) is 5.54 Å². The highest BCUT2D eigenvalue weighted by atomic mass is 16.3. The molecule has 84 valence electrons. The van der Waals surface area contributed by atoms with Gasteiger partial charge in [-0.1, -0.05) is 20.8 Å². The van der Waals surface area contributed by atoms with E-state index in [2.05, 4.69) is 25.7 Å². The number of nitrogens with zero attached hydrogens (tertiary/aromatic N) is 1. The Morgan fingerprint density at radius 2 is 1.71 bits per heavy atom. The predicted molar refractivity (Wildman–Crippen MR) is 60.4 cm³/mol. The van der Waals surface area contributed by atoms with Crippen molar-refractivity contribution in [1.82, 2.24) is 4.90 Å². The SMILES string of the molecule is CCC(CC)(CO)N1CCC(C)CC1. The maximum absolute atomic E-state index is 9.55. The summed E-state index contributed by atoms with van der Waals surface area (Å²) >= 11 is 0. The molecule has 0 bridgehead atoms. The second kappa shape index (κ2) is 5.13. The van der Waals surface area contributed by atoms with E-state index < -0.39 is 0 Å². The quantitative estimate of drug-likeness (QED) is 0.751. The second-order valence-electron chi connectivity index (χ2n) is 4.76. The molecule has 2 nitrogen and oxygen atoms in total. The van der Waals surface area contributed by atoms with E-state index in [1.165, 1.54) is 25.9 Å². The summed E-state index contributed by atoms with van der Waals surface area (Å²) in [6, 6.07) is 0. The van der Waals surface area contributed by atoms with Gasteiger partial charge in [0.2, 0.25) is 0 Å². The molecule has 0 aromatic rings. The minimum Gasteiger partial charge on any atom is -0.394 e. The Bertz CT molecular complexity index is 149. The molecular formula is C12H25NO. The first-order chi connectivity index (χ1) is 6.68. The highest BCUT2D eigenvalue weighted by molar-refractivity contribution is 4.89. The van der Waals surface area contributed by atoms with Crippen molar-refractivity contribution < 1.29 is 5.11 Å². The van der Waals surface area contributed by atoms with Gasteiger partial charge in [-0.05, 0) is 44.7 Å². The van der Waals surface area contributed by atoms with Crippen LogP contribution in [0.4, 0.5) is 0 Å². The van der Waals surface area contributed by atoms with Gasteiger partial charge in [-0.15, -0.1) is 0 Å². The van der Waals surface area contributed by atoms with Crippen LogP contribution < -0.4 is 0 Å². The van der Waals surface area contributed by atoms with Crippen molar-refractivity contribution in [3.63, 3.8) is 0 Å². The molecule has 0 spiro atoms. The molecule has 1 fully saturated rings. The van der Waals surface area contributed by atoms with Crippen LogP contribution in [-0.2, 0) is 0 Å². The van der Waals surface area contributed by atoms with Gasteiger partial charge in [0.1, 0.15) is 0 Å². The number of aliphatic hydroxyl groups is 1. The molecule has 1 N–H and O–H groups in total. The minimum absolute atomic E-state index is 0.0696. The largest absolute Gasteiger partial charge is 0.394 e. The Kier molecular flexibility index (Phi) is 4.39. The number of rotatable bonds is 4. The van der Waals surface area contributed by atoms with Crippen molar-refractivity contribution in [3.8, 4) is 0 Å². The molecule has 1 heterocycles. The zero-order valence-corrected chi connectivity index (χ0v) is 9.92.